The van der Waals surface area contributed by atoms with Gasteiger partial charge in [0.2, 0.25) is 0 Å². The topological polar surface area (TPSA) is 33.4 Å². The first-order valence-corrected chi connectivity index (χ1v) is 5.17. The van der Waals surface area contributed by atoms with E-state index in [-0.39, 0.29) is 5.82 Å². The van der Waals surface area contributed by atoms with Gasteiger partial charge in [0.05, 0.1) is 18.6 Å². The van der Waals surface area contributed by atoms with Crippen LogP contribution in [0.25, 0.3) is 0 Å². The van der Waals surface area contributed by atoms with Crippen LogP contribution in [-0.2, 0) is 12.8 Å². The number of hydrogen-bond donors (Lipinski definition) is 1. The summed E-state index contributed by atoms with van der Waals surface area (Å²) < 4.78 is 17.6. The van der Waals surface area contributed by atoms with Gasteiger partial charge in [-0.15, -0.1) is 0 Å². The maximum atomic E-state index is 12.7. The molecule has 1 aromatic carbocycles. The molecule has 84 valence electrons. The highest BCUT2D eigenvalue weighted by Crippen LogP contribution is 2.10. The number of halogens is 1. The molecule has 3 heteroatoms. The van der Waals surface area contributed by atoms with Crippen molar-refractivity contribution in [1.29, 1.82) is 0 Å². The molecule has 1 aromatic heterocycles. The molecule has 1 N–H and O–H groups in total. The number of furan rings is 1. The van der Waals surface area contributed by atoms with Crippen molar-refractivity contribution in [2.24, 2.45) is 0 Å². The molecule has 1 atom stereocenters. The van der Waals surface area contributed by atoms with Gasteiger partial charge in [0.1, 0.15) is 5.82 Å². The van der Waals surface area contributed by atoms with Gasteiger partial charge in [-0.25, -0.2) is 4.39 Å². The summed E-state index contributed by atoms with van der Waals surface area (Å²) in [5.74, 6) is -0.256. The van der Waals surface area contributed by atoms with Crippen molar-refractivity contribution in [3.63, 3.8) is 0 Å². The molecule has 0 radical (unpaired) electrons. The zero-order valence-electron chi connectivity index (χ0n) is 8.77. The molecular weight excluding hydrogens is 207 g/mol. The molecule has 2 rings (SSSR count). The number of hydrogen-bond acceptors (Lipinski definition) is 2. The van der Waals surface area contributed by atoms with Crippen molar-refractivity contribution >= 4 is 0 Å². The first kappa shape index (κ1) is 10.9. The fourth-order valence-electron chi connectivity index (χ4n) is 1.65. The Labute approximate surface area is 93.3 Å². The normalized spacial score (nSPS) is 12.6. The van der Waals surface area contributed by atoms with Crippen LogP contribution in [0.1, 0.15) is 11.1 Å². The molecule has 1 unspecified atom stereocenters. The van der Waals surface area contributed by atoms with Gasteiger partial charge in [0.15, 0.2) is 0 Å². The van der Waals surface area contributed by atoms with Gasteiger partial charge in [-0.3, -0.25) is 0 Å². The lowest BCUT2D eigenvalue weighted by atomic mass is 10.0. The standard InChI is InChI=1S/C13H13FO2/c14-12-3-1-10(2-4-12)7-13(15)8-11-5-6-16-9-11/h1-6,9,13,15H,7-8H2. The maximum Gasteiger partial charge on any atom is 0.123 e. The van der Waals surface area contributed by atoms with Crippen LogP contribution in [0.3, 0.4) is 0 Å². The molecule has 0 fully saturated rings. The molecule has 0 aliphatic rings. The highest BCUT2D eigenvalue weighted by atomic mass is 19.1. The molecule has 0 aliphatic heterocycles. The van der Waals surface area contributed by atoms with Crippen LogP contribution in [0, 0.1) is 5.82 Å². The zero-order valence-corrected chi connectivity index (χ0v) is 8.77. The van der Waals surface area contributed by atoms with E-state index in [1.165, 1.54) is 12.1 Å². The second kappa shape index (κ2) is 4.94. The largest absolute Gasteiger partial charge is 0.472 e. The van der Waals surface area contributed by atoms with Gasteiger partial charge in [-0.2, -0.15) is 0 Å². The minimum Gasteiger partial charge on any atom is -0.472 e. The fraction of sp³-hybridized carbons (Fsp3) is 0.231. The van der Waals surface area contributed by atoms with E-state index in [0.29, 0.717) is 12.8 Å². The number of aliphatic hydroxyl groups is 1. The average molecular weight is 220 g/mol. The summed E-state index contributed by atoms with van der Waals surface area (Å²) in [6.45, 7) is 0. The van der Waals surface area contributed by atoms with Gasteiger partial charge < -0.3 is 9.52 Å². The van der Waals surface area contributed by atoms with Crippen LogP contribution in [0.4, 0.5) is 4.39 Å². The molecule has 1 heterocycles. The van der Waals surface area contributed by atoms with Crippen molar-refractivity contribution < 1.29 is 13.9 Å². The van der Waals surface area contributed by atoms with E-state index < -0.39 is 6.10 Å². The zero-order chi connectivity index (χ0) is 11.4. The first-order chi connectivity index (χ1) is 7.74. The lowest BCUT2D eigenvalue weighted by molar-refractivity contribution is 0.175. The average Bonchev–Trinajstić information content (AvgIpc) is 2.74. The molecule has 16 heavy (non-hydrogen) atoms. The smallest absolute Gasteiger partial charge is 0.123 e. The molecule has 2 aromatic rings. The Morgan fingerprint density at radius 2 is 1.75 bits per heavy atom. The molecule has 2 nitrogen and oxygen atoms in total. The van der Waals surface area contributed by atoms with Crippen LogP contribution in [0.15, 0.2) is 47.3 Å². The van der Waals surface area contributed by atoms with Crippen molar-refractivity contribution in [3.05, 3.63) is 59.8 Å². The van der Waals surface area contributed by atoms with E-state index in [4.69, 9.17) is 4.42 Å². The van der Waals surface area contributed by atoms with Gasteiger partial charge in [0.25, 0.3) is 0 Å². The summed E-state index contributed by atoms with van der Waals surface area (Å²) in [7, 11) is 0. The molecule has 0 saturated carbocycles. The van der Waals surface area contributed by atoms with Crippen LogP contribution >= 0.6 is 0 Å². The van der Waals surface area contributed by atoms with E-state index in [9.17, 15) is 9.50 Å². The van der Waals surface area contributed by atoms with Crippen molar-refractivity contribution in [1.82, 2.24) is 0 Å². The minimum absolute atomic E-state index is 0.256. The van der Waals surface area contributed by atoms with Gasteiger partial charge in [-0.05, 0) is 35.7 Å². The third-order valence-electron chi connectivity index (χ3n) is 2.44. The van der Waals surface area contributed by atoms with Gasteiger partial charge in [-0.1, -0.05) is 12.1 Å². The quantitative estimate of drug-likeness (QED) is 0.859. The summed E-state index contributed by atoms with van der Waals surface area (Å²) in [6.07, 6.45) is 3.80. The predicted octanol–water partition coefficient (Wildman–Crippen LogP) is 2.56. The second-order valence-corrected chi connectivity index (χ2v) is 3.82. The first-order valence-electron chi connectivity index (χ1n) is 5.17. The van der Waals surface area contributed by atoms with E-state index in [1.807, 2.05) is 6.07 Å². The molecule has 0 aliphatic carbocycles. The van der Waals surface area contributed by atoms with E-state index >= 15 is 0 Å². The fourth-order valence-corrected chi connectivity index (χ4v) is 1.65. The Bertz CT molecular complexity index is 420. The maximum absolute atomic E-state index is 12.7. The minimum atomic E-state index is -0.469. The molecular formula is C13H13FO2. The SMILES string of the molecule is OC(Cc1ccc(F)cc1)Cc1ccoc1. The Morgan fingerprint density at radius 3 is 2.38 bits per heavy atom. The second-order valence-electron chi connectivity index (χ2n) is 3.82. The number of benzene rings is 1. The summed E-state index contributed by atoms with van der Waals surface area (Å²) in [5, 5.41) is 9.81. The van der Waals surface area contributed by atoms with Gasteiger partial charge >= 0.3 is 0 Å². The van der Waals surface area contributed by atoms with Crippen LogP contribution in [0.5, 0.6) is 0 Å². The summed E-state index contributed by atoms with van der Waals surface area (Å²) in [4.78, 5) is 0. The number of aliphatic hydroxyl groups excluding tert-OH is 1. The highest BCUT2D eigenvalue weighted by molar-refractivity contribution is 5.17. The number of rotatable bonds is 4. The molecule has 0 saturated heterocycles. The Balaban J connectivity index is 1.92. The monoisotopic (exact) mass is 220 g/mol. The Hall–Kier alpha value is -1.61. The van der Waals surface area contributed by atoms with Crippen molar-refractivity contribution in [2.45, 2.75) is 18.9 Å². The molecule has 0 amide bonds. The van der Waals surface area contributed by atoms with Crippen molar-refractivity contribution in [2.75, 3.05) is 0 Å². The lowest BCUT2D eigenvalue weighted by Crippen LogP contribution is -2.13. The predicted molar refractivity (Wildman–Crippen MR) is 58.5 cm³/mol. The van der Waals surface area contributed by atoms with Crippen LogP contribution < -0.4 is 0 Å². The Morgan fingerprint density at radius 1 is 1.06 bits per heavy atom. The summed E-state index contributed by atoms with van der Waals surface area (Å²) in [6, 6.07) is 8.01. The third kappa shape index (κ3) is 2.94. The van der Waals surface area contributed by atoms with E-state index in [2.05, 4.69) is 0 Å². The van der Waals surface area contributed by atoms with Crippen LogP contribution in [-0.4, -0.2) is 11.2 Å². The highest BCUT2D eigenvalue weighted by Gasteiger charge is 2.07. The third-order valence-corrected chi connectivity index (χ3v) is 2.44. The molecule has 0 spiro atoms. The van der Waals surface area contributed by atoms with Crippen molar-refractivity contribution in [3.8, 4) is 0 Å². The lowest BCUT2D eigenvalue weighted by Gasteiger charge is -2.09. The van der Waals surface area contributed by atoms with Gasteiger partial charge in [0, 0.05) is 6.42 Å². The Kier molecular flexibility index (Phi) is 3.37. The summed E-state index contributed by atoms with van der Waals surface area (Å²) in [5.41, 5.74) is 1.90. The van der Waals surface area contributed by atoms with Crippen LogP contribution in [0.2, 0.25) is 0 Å². The molecule has 0 bridgehead atoms. The summed E-state index contributed by atoms with van der Waals surface area (Å²) >= 11 is 0. The van der Waals surface area contributed by atoms with E-state index in [0.717, 1.165) is 11.1 Å². The van der Waals surface area contributed by atoms with E-state index in [1.54, 1.807) is 24.7 Å².